The van der Waals surface area contributed by atoms with Gasteiger partial charge in [0.25, 0.3) is 0 Å². The highest BCUT2D eigenvalue weighted by atomic mass is 16.3. The van der Waals surface area contributed by atoms with E-state index in [0.29, 0.717) is 0 Å². The van der Waals surface area contributed by atoms with E-state index in [1.807, 2.05) is 0 Å². The summed E-state index contributed by atoms with van der Waals surface area (Å²) in [6, 6.07) is 0. The molecule has 0 fully saturated rings. The first-order chi connectivity index (χ1) is 7.06. The molecule has 0 saturated heterocycles. The molecular weight excluding hydrogens is 186 g/mol. The summed E-state index contributed by atoms with van der Waals surface area (Å²) in [7, 11) is 0. The largest absolute Gasteiger partial charge is 0.376 e. The summed E-state index contributed by atoms with van der Waals surface area (Å²) in [6.45, 7) is 6.76. The molecule has 0 saturated carbocycles. The summed E-state index contributed by atoms with van der Waals surface area (Å²) in [4.78, 5) is 0. The predicted octanol–water partition coefficient (Wildman–Crippen LogP) is 3.45. The lowest BCUT2D eigenvalue weighted by Gasteiger charge is -2.18. The molecule has 0 unspecified atom stereocenters. The van der Waals surface area contributed by atoms with Crippen molar-refractivity contribution in [2.45, 2.75) is 77.9 Å². The van der Waals surface area contributed by atoms with Crippen LogP contribution in [0.15, 0.2) is 0 Å². The van der Waals surface area contributed by atoms with Crippen molar-refractivity contribution in [1.29, 1.82) is 0 Å². The summed E-state index contributed by atoms with van der Waals surface area (Å²) < 4.78 is 0. The van der Waals surface area contributed by atoms with E-state index >= 15 is 0 Å². The fraction of sp³-hybridized carbons (Fsp3) is 1.00. The maximum absolute atomic E-state index is 9.41. The molecule has 0 aromatic carbocycles. The van der Waals surface area contributed by atoms with Crippen molar-refractivity contribution >= 4 is 0 Å². The van der Waals surface area contributed by atoms with Gasteiger partial charge in [-0.1, -0.05) is 51.9 Å². The van der Waals surface area contributed by atoms with Crippen molar-refractivity contribution in [3.05, 3.63) is 0 Å². The third-order valence-corrected chi connectivity index (χ3v) is 2.59. The van der Waals surface area contributed by atoms with Gasteiger partial charge in [-0.2, -0.15) is 0 Å². The Morgan fingerprint density at radius 1 is 0.867 bits per heavy atom. The lowest BCUT2D eigenvalue weighted by molar-refractivity contribution is 0.0435. The smallest absolute Gasteiger partial charge is 0.110 e. The van der Waals surface area contributed by atoms with Crippen LogP contribution in [-0.4, -0.2) is 17.4 Å². The van der Waals surface area contributed by atoms with Crippen molar-refractivity contribution in [1.82, 2.24) is 5.32 Å². The Morgan fingerprint density at radius 3 is 1.80 bits per heavy atom. The van der Waals surface area contributed by atoms with Gasteiger partial charge < -0.3 is 5.11 Å². The van der Waals surface area contributed by atoms with Gasteiger partial charge in [-0.15, -0.1) is 0 Å². The average Bonchev–Trinajstić information content (AvgIpc) is 2.14. The summed E-state index contributed by atoms with van der Waals surface area (Å²) >= 11 is 0. The number of hydrogen-bond acceptors (Lipinski definition) is 2. The molecule has 0 bridgehead atoms. The molecule has 0 radical (unpaired) electrons. The van der Waals surface area contributed by atoms with Crippen molar-refractivity contribution in [2.24, 2.45) is 0 Å². The second-order valence-corrected chi connectivity index (χ2v) is 4.96. The monoisotopic (exact) mass is 215 g/mol. The Balaban J connectivity index is 2.99. The van der Waals surface area contributed by atoms with Gasteiger partial charge in [0.05, 0.1) is 0 Å². The van der Waals surface area contributed by atoms with Crippen LogP contribution in [0, 0.1) is 0 Å². The fourth-order valence-corrected chi connectivity index (χ4v) is 1.65. The minimum absolute atomic E-state index is 0.707. The summed E-state index contributed by atoms with van der Waals surface area (Å²) in [5.41, 5.74) is -0.707. The molecule has 15 heavy (non-hydrogen) atoms. The van der Waals surface area contributed by atoms with E-state index in [4.69, 9.17) is 0 Å². The zero-order chi connectivity index (χ0) is 11.6. The van der Waals surface area contributed by atoms with Crippen LogP contribution in [0.1, 0.15) is 72.1 Å². The molecule has 0 aromatic rings. The van der Waals surface area contributed by atoms with Crippen LogP contribution in [-0.2, 0) is 0 Å². The molecule has 2 heteroatoms. The Kier molecular flexibility index (Phi) is 9.12. The molecule has 2 N–H and O–H groups in total. The van der Waals surface area contributed by atoms with Gasteiger partial charge in [0, 0.05) is 0 Å². The normalized spacial score (nSPS) is 12.0. The lowest BCUT2D eigenvalue weighted by atomic mass is 10.1. The zero-order valence-electron chi connectivity index (χ0n) is 10.8. The van der Waals surface area contributed by atoms with Gasteiger partial charge in [0.1, 0.15) is 5.72 Å². The summed E-state index contributed by atoms with van der Waals surface area (Å²) in [5, 5.41) is 12.5. The standard InChI is InChI=1S/C13H29NO/c1-4-5-6-7-8-9-10-11-12-14-13(2,3)15/h14-15H,4-12H2,1-3H3. The van der Waals surface area contributed by atoms with Gasteiger partial charge in [0.2, 0.25) is 0 Å². The summed E-state index contributed by atoms with van der Waals surface area (Å²) in [6.07, 6.45) is 10.7. The van der Waals surface area contributed by atoms with Crippen molar-refractivity contribution in [3.63, 3.8) is 0 Å². The third kappa shape index (κ3) is 13.9. The SMILES string of the molecule is CCCCCCCCCCNC(C)(C)O. The highest BCUT2D eigenvalue weighted by Gasteiger charge is 2.08. The van der Waals surface area contributed by atoms with Crippen LogP contribution < -0.4 is 5.32 Å². The van der Waals surface area contributed by atoms with Crippen LogP contribution in [0.5, 0.6) is 0 Å². The van der Waals surface area contributed by atoms with E-state index < -0.39 is 5.72 Å². The average molecular weight is 215 g/mol. The van der Waals surface area contributed by atoms with Crippen molar-refractivity contribution in [3.8, 4) is 0 Å². The Bertz CT molecular complexity index is 129. The van der Waals surface area contributed by atoms with Crippen molar-refractivity contribution in [2.75, 3.05) is 6.54 Å². The molecule has 0 atom stereocenters. The molecule has 0 rings (SSSR count). The third-order valence-electron chi connectivity index (χ3n) is 2.59. The maximum atomic E-state index is 9.41. The second kappa shape index (κ2) is 9.17. The minimum atomic E-state index is -0.707. The van der Waals surface area contributed by atoms with Gasteiger partial charge in [-0.25, -0.2) is 0 Å². The molecule has 0 aliphatic rings. The molecule has 0 aromatic heterocycles. The van der Waals surface area contributed by atoms with Gasteiger partial charge >= 0.3 is 0 Å². The van der Waals surface area contributed by atoms with Gasteiger partial charge in [-0.3, -0.25) is 5.32 Å². The first kappa shape index (κ1) is 14.9. The molecule has 92 valence electrons. The van der Waals surface area contributed by atoms with Crippen molar-refractivity contribution < 1.29 is 5.11 Å². The number of aliphatic hydroxyl groups is 1. The maximum Gasteiger partial charge on any atom is 0.110 e. The molecule has 0 heterocycles. The number of hydrogen-bond donors (Lipinski definition) is 2. The number of nitrogens with one attached hydrogen (secondary N) is 1. The number of rotatable bonds is 10. The van der Waals surface area contributed by atoms with Gasteiger partial charge in [-0.05, 0) is 26.8 Å². The van der Waals surface area contributed by atoms with Crippen LogP contribution in [0.4, 0.5) is 0 Å². The topological polar surface area (TPSA) is 32.3 Å². The molecule has 0 spiro atoms. The van der Waals surface area contributed by atoms with Crippen LogP contribution in [0.2, 0.25) is 0 Å². The van der Waals surface area contributed by atoms with E-state index in [9.17, 15) is 5.11 Å². The van der Waals surface area contributed by atoms with E-state index in [2.05, 4.69) is 12.2 Å². The lowest BCUT2D eigenvalue weighted by Crippen LogP contribution is -2.39. The highest BCUT2D eigenvalue weighted by Crippen LogP contribution is 2.08. The Labute approximate surface area is 95.5 Å². The van der Waals surface area contributed by atoms with E-state index in [-0.39, 0.29) is 0 Å². The van der Waals surface area contributed by atoms with E-state index in [1.165, 1.54) is 51.4 Å². The minimum Gasteiger partial charge on any atom is -0.376 e. The highest BCUT2D eigenvalue weighted by molar-refractivity contribution is 4.61. The van der Waals surface area contributed by atoms with Crippen LogP contribution in [0.3, 0.4) is 0 Å². The van der Waals surface area contributed by atoms with Crippen LogP contribution in [0.25, 0.3) is 0 Å². The quantitative estimate of drug-likeness (QED) is 0.432. The second-order valence-electron chi connectivity index (χ2n) is 4.96. The molecule has 0 amide bonds. The van der Waals surface area contributed by atoms with E-state index in [1.54, 1.807) is 13.8 Å². The number of unbranched alkanes of at least 4 members (excludes halogenated alkanes) is 7. The first-order valence-corrected chi connectivity index (χ1v) is 6.53. The predicted molar refractivity (Wildman–Crippen MR) is 66.9 cm³/mol. The molecule has 0 aliphatic carbocycles. The van der Waals surface area contributed by atoms with Gasteiger partial charge in [0.15, 0.2) is 0 Å². The molecule has 0 aliphatic heterocycles. The first-order valence-electron chi connectivity index (χ1n) is 6.53. The van der Waals surface area contributed by atoms with Crippen LogP contribution >= 0.6 is 0 Å². The Morgan fingerprint density at radius 2 is 1.33 bits per heavy atom. The fourth-order valence-electron chi connectivity index (χ4n) is 1.65. The summed E-state index contributed by atoms with van der Waals surface area (Å²) in [5.74, 6) is 0. The van der Waals surface area contributed by atoms with E-state index in [0.717, 1.165) is 6.54 Å². The molecular formula is C13H29NO. The zero-order valence-corrected chi connectivity index (χ0v) is 10.8. The Hall–Kier alpha value is -0.0800. The molecule has 2 nitrogen and oxygen atoms in total.